The van der Waals surface area contributed by atoms with Crippen molar-refractivity contribution in [2.45, 2.75) is 4.90 Å². The Bertz CT molecular complexity index is 510. The van der Waals surface area contributed by atoms with E-state index in [4.69, 9.17) is 16.7 Å². The number of piperazine rings is 1. The van der Waals surface area contributed by atoms with Crippen LogP contribution in [0.25, 0.3) is 0 Å². The number of nitrogens with one attached hydrogen (secondary N) is 1. The smallest absolute Gasteiger partial charge is 0.243 e. The first-order valence-electron chi connectivity index (χ1n) is 6.24. The lowest BCUT2D eigenvalue weighted by Gasteiger charge is -2.31. The van der Waals surface area contributed by atoms with Gasteiger partial charge >= 0.3 is 0 Å². The summed E-state index contributed by atoms with van der Waals surface area (Å²) in [5.74, 6) is 0. The van der Waals surface area contributed by atoms with Crippen molar-refractivity contribution in [1.82, 2.24) is 4.31 Å². The number of hydrogen-bond acceptors (Lipinski definition) is 3. The second kappa shape index (κ2) is 6.19. The van der Waals surface area contributed by atoms with Crippen molar-refractivity contribution in [3.63, 3.8) is 0 Å². The summed E-state index contributed by atoms with van der Waals surface area (Å²) in [6, 6.07) is 6.23. The molecule has 1 aliphatic heterocycles. The molecule has 2 rings (SSSR count). The molecular weight excluding hydrogens is 288 g/mol. The van der Waals surface area contributed by atoms with Gasteiger partial charge < -0.3 is 10.0 Å². The third kappa shape index (κ3) is 3.46. The Morgan fingerprint density at radius 3 is 2.32 bits per heavy atom. The van der Waals surface area contributed by atoms with E-state index in [1.165, 1.54) is 21.3 Å². The Hall–Kier alpha value is -0.660. The minimum absolute atomic E-state index is 0.138. The van der Waals surface area contributed by atoms with Gasteiger partial charge in [0.25, 0.3) is 0 Å². The summed E-state index contributed by atoms with van der Waals surface area (Å²) in [6.45, 7) is 3.25. The molecule has 0 spiro atoms. The molecule has 0 aromatic heterocycles. The van der Waals surface area contributed by atoms with Crippen LogP contribution in [0.4, 0.5) is 0 Å². The zero-order chi connectivity index (χ0) is 13.9. The molecule has 0 atom stereocenters. The molecular formula is C12H18ClN2O3S+. The number of benzene rings is 1. The molecule has 0 unspecified atom stereocenters. The summed E-state index contributed by atoms with van der Waals surface area (Å²) in [7, 11) is -3.42. The molecule has 1 saturated heterocycles. The van der Waals surface area contributed by atoms with Crippen LogP contribution < -0.4 is 4.90 Å². The van der Waals surface area contributed by atoms with E-state index < -0.39 is 10.0 Å². The first-order valence-corrected chi connectivity index (χ1v) is 8.06. The Kier molecular flexibility index (Phi) is 4.81. The normalized spacial score (nSPS) is 18.6. The van der Waals surface area contributed by atoms with Crippen LogP contribution in [-0.2, 0) is 10.0 Å². The summed E-state index contributed by atoms with van der Waals surface area (Å²) in [5.41, 5.74) is 0. The highest BCUT2D eigenvalue weighted by atomic mass is 35.5. The second-order valence-corrected chi connectivity index (χ2v) is 6.96. The zero-order valence-corrected chi connectivity index (χ0v) is 12.1. The lowest BCUT2D eigenvalue weighted by molar-refractivity contribution is -0.904. The van der Waals surface area contributed by atoms with Crippen molar-refractivity contribution in [3.05, 3.63) is 29.3 Å². The average Bonchev–Trinajstić information content (AvgIpc) is 2.40. The van der Waals surface area contributed by atoms with Crippen molar-refractivity contribution < 1.29 is 18.4 Å². The molecule has 1 heterocycles. The third-order valence-corrected chi connectivity index (χ3v) is 5.51. The maximum absolute atomic E-state index is 12.4. The molecule has 1 aromatic rings. The largest absolute Gasteiger partial charge is 0.391 e. The highest BCUT2D eigenvalue weighted by Gasteiger charge is 2.29. The van der Waals surface area contributed by atoms with Crippen molar-refractivity contribution in [2.24, 2.45) is 0 Å². The van der Waals surface area contributed by atoms with Gasteiger partial charge in [-0.15, -0.1) is 0 Å². The van der Waals surface area contributed by atoms with Crippen LogP contribution in [0.1, 0.15) is 0 Å². The number of aliphatic hydroxyl groups excluding tert-OH is 1. The van der Waals surface area contributed by atoms with Crippen LogP contribution in [0, 0.1) is 0 Å². The fraction of sp³-hybridized carbons (Fsp3) is 0.500. The van der Waals surface area contributed by atoms with E-state index in [9.17, 15) is 8.42 Å². The topological polar surface area (TPSA) is 62.0 Å². The van der Waals surface area contributed by atoms with Crippen molar-refractivity contribution in [3.8, 4) is 0 Å². The van der Waals surface area contributed by atoms with Crippen LogP contribution >= 0.6 is 11.6 Å². The molecule has 106 valence electrons. The SMILES string of the molecule is O=S(=O)(c1ccc(Cl)cc1)N1CC[NH+](CCO)CC1. The van der Waals surface area contributed by atoms with E-state index in [1.54, 1.807) is 12.1 Å². The van der Waals surface area contributed by atoms with Gasteiger partial charge in [-0.1, -0.05) is 11.6 Å². The fourth-order valence-corrected chi connectivity index (χ4v) is 3.77. The second-order valence-electron chi connectivity index (χ2n) is 4.58. The van der Waals surface area contributed by atoms with Crippen molar-refractivity contribution in [2.75, 3.05) is 39.3 Å². The first kappa shape index (κ1) is 14.7. The summed E-state index contributed by atoms with van der Waals surface area (Å²) in [4.78, 5) is 1.52. The lowest BCUT2D eigenvalue weighted by Crippen LogP contribution is -3.15. The van der Waals surface area contributed by atoms with Gasteiger partial charge in [-0.25, -0.2) is 8.42 Å². The van der Waals surface area contributed by atoms with E-state index in [0.717, 1.165) is 13.1 Å². The maximum Gasteiger partial charge on any atom is 0.243 e. The monoisotopic (exact) mass is 305 g/mol. The van der Waals surface area contributed by atoms with Gasteiger partial charge in [-0.2, -0.15) is 4.31 Å². The first-order chi connectivity index (χ1) is 9.04. The molecule has 19 heavy (non-hydrogen) atoms. The number of quaternary nitrogens is 1. The van der Waals surface area contributed by atoms with Gasteiger partial charge in [0, 0.05) is 5.02 Å². The molecule has 2 N–H and O–H groups in total. The highest BCUT2D eigenvalue weighted by Crippen LogP contribution is 2.18. The Morgan fingerprint density at radius 1 is 1.21 bits per heavy atom. The summed E-state index contributed by atoms with van der Waals surface area (Å²) in [6.07, 6.45) is 0. The van der Waals surface area contributed by atoms with E-state index >= 15 is 0 Å². The van der Waals surface area contributed by atoms with Gasteiger partial charge in [0.15, 0.2) is 0 Å². The number of hydrogen-bond donors (Lipinski definition) is 2. The van der Waals surface area contributed by atoms with Gasteiger partial charge in [0.1, 0.15) is 6.54 Å². The third-order valence-electron chi connectivity index (χ3n) is 3.35. The molecule has 0 amide bonds. The van der Waals surface area contributed by atoms with E-state index in [-0.39, 0.29) is 11.5 Å². The van der Waals surface area contributed by atoms with Gasteiger partial charge in [0.05, 0.1) is 37.7 Å². The van der Waals surface area contributed by atoms with Crippen molar-refractivity contribution in [1.29, 1.82) is 0 Å². The average molecular weight is 306 g/mol. The molecule has 0 bridgehead atoms. The summed E-state index contributed by atoms with van der Waals surface area (Å²) < 4.78 is 26.3. The Balaban J connectivity index is 2.07. The van der Waals surface area contributed by atoms with Gasteiger partial charge in [-0.3, -0.25) is 0 Å². The quantitative estimate of drug-likeness (QED) is 0.767. The molecule has 5 nitrogen and oxygen atoms in total. The Labute approximate surface area is 118 Å². The zero-order valence-electron chi connectivity index (χ0n) is 10.5. The van der Waals surface area contributed by atoms with Crippen LogP contribution in [0.5, 0.6) is 0 Å². The van der Waals surface area contributed by atoms with Gasteiger partial charge in [-0.05, 0) is 24.3 Å². The lowest BCUT2D eigenvalue weighted by atomic mass is 10.4. The standard InChI is InChI=1S/C12H17ClN2O3S/c13-11-1-3-12(4-2-11)19(17,18)15-7-5-14(6-8-15)9-10-16/h1-4,16H,5-10H2/p+1. The predicted octanol–water partition coefficient (Wildman–Crippen LogP) is -0.778. The molecule has 1 aromatic carbocycles. The molecule has 1 aliphatic rings. The van der Waals surface area contributed by atoms with Crippen LogP contribution in [-0.4, -0.2) is 57.2 Å². The van der Waals surface area contributed by atoms with Crippen LogP contribution in [0.15, 0.2) is 29.2 Å². The van der Waals surface area contributed by atoms with Gasteiger partial charge in [0.2, 0.25) is 10.0 Å². The molecule has 0 aliphatic carbocycles. The van der Waals surface area contributed by atoms with E-state index in [2.05, 4.69) is 0 Å². The number of aliphatic hydroxyl groups is 1. The number of rotatable bonds is 4. The summed E-state index contributed by atoms with van der Waals surface area (Å²) >= 11 is 5.77. The van der Waals surface area contributed by atoms with Crippen molar-refractivity contribution >= 4 is 21.6 Å². The fourth-order valence-electron chi connectivity index (χ4n) is 2.21. The summed E-state index contributed by atoms with van der Waals surface area (Å²) in [5, 5.41) is 9.41. The molecule has 0 saturated carbocycles. The predicted molar refractivity (Wildman–Crippen MR) is 72.9 cm³/mol. The number of sulfonamides is 1. The maximum atomic E-state index is 12.4. The minimum Gasteiger partial charge on any atom is -0.391 e. The number of nitrogens with zero attached hydrogens (tertiary/aromatic N) is 1. The van der Waals surface area contributed by atoms with E-state index in [0.29, 0.717) is 24.7 Å². The number of halogens is 1. The van der Waals surface area contributed by atoms with Crippen LogP contribution in [0.2, 0.25) is 5.02 Å². The molecule has 0 radical (unpaired) electrons. The van der Waals surface area contributed by atoms with Crippen LogP contribution in [0.3, 0.4) is 0 Å². The Morgan fingerprint density at radius 2 is 1.79 bits per heavy atom. The molecule has 1 fully saturated rings. The minimum atomic E-state index is -3.42. The highest BCUT2D eigenvalue weighted by molar-refractivity contribution is 7.89. The molecule has 7 heteroatoms. The van der Waals surface area contributed by atoms with E-state index in [1.807, 2.05) is 0 Å².